The van der Waals surface area contributed by atoms with Crippen molar-refractivity contribution in [2.45, 2.75) is 12.8 Å². The number of carbonyl (C=O) groups is 1. The van der Waals surface area contributed by atoms with Gasteiger partial charge in [-0.15, -0.1) is 0 Å². The van der Waals surface area contributed by atoms with Crippen LogP contribution in [0.25, 0.3) is 0 Å². The number of carbonyl (C=O) groups excluding carboxylic acids is 1. The van der Waals surface area contributed by atoms with Crippen LogP contribution in [0.1, 0.15) is 23.2 Å². The van der Waals surface area contributed by atoms with Gasteiger partial charge in [0, 0.05) is 6.54 Å². The van der Waals surface area contributed by atoms with Gasteiger partial charge >= 0.3 is 0 Å². The molecule has 0 spiro atoms. The molecule has 3 nitrogen and oxygen atoms in total. The van der Waals surface area contributed by atoms with Crippen LogP contribution in [0, 0.1) is 5.82 Å². The fraction of sp³-hybridized carbons (Fsp3) is 0.273. The Bertz CT molecular complexity index is 419. The number of hydrogen-bond donors (Lipinski definition) is 2. The van der Waals surface area contributed by atoms with E-state index in [-0.39, 0.29) is 10.6 Å². The molecular formula is C11H12ClFN2OS. The minimum atomic E-state index is -0.635. The predicted octanol–water partition coefficient (Wildman–Crippen LogP) is 2.28. The lowest BCUT2D eigenvalue weighted by Crippen LogP contribution is -2.26. The maximum absolute atomic E-state index is 13.4. The highest BCUT2D eigenvalue weighted by atomic mass is 35.5. The van der Waals surface area contributed by atoms with Crippen LogP contribution in [-0.4, -0.2) is 17.4 Å². The molecule has 0 aromatic heterocycles. The SMILES string of the molecule is NC(=S)CCCNC(=O)c1c(F)cccc1Cl. The first-order chi connectivity index (χ1) is 8.02. The van der Waals surface area contributed by atoms with E-state index in [1.165, 1.54) is 18.2 Å². The number of rotatable bonds is 5. The maximum atomic E-state index is 13.4. The molecule has 1 aromatic carbocycles. The quantitative estimate of drug-likeness (QED) is 0.640. The van der Waals surface area contributed by atoms with Gasteiger partial charge < -0.3 is 11.1 Å². The van der Waals surface area contributed by atoms with E-state index in [1.54, 1.807) is 0 Å². The number of thiocarbonyl (C=S) groups is 1. The second kappa shape index (κ2) is 6.51. The molecule has 0 heterocycles. The summed E-state index contributed by atoms with van der Waals surface area (Å²) in [4.78, 5) is 12.0. The molecule has 3 N–H and O–H groups in total. The molecule has 0 fully saturated rings. The molecule has 17 heavy (non-hydrogen) atoms. The van der Waals surface area contributed by atoms with Crippen molar-refractivity contribution in [1.29, 1.82) is 0 Å². The van der Waals surface area contributed by atoms with Crippen molar-refractivity contribution < 1.29 is 9.18 Å². The van der Waals surface area contributed by atoms with E-state index in [0.717, 1.165) is 0 Å². The van der Waals surface area contributed by atoms with Gasteiger partial charge in [0.25, 0.3) is 5.91 Å². The van der Waals surface area contributed by atoms with Gasteiger partial charge in [-0.3, -0.25) is 4.79 Å². The average molecular weight is 275 g/mol. The van der Waals surface area contributed by atoms with E-state index in [2.05, 4.69) is 5.32 Å². The first kappa shape index (κ1) is 13.9. The van der Waals surface area contributed by atoms with Crippen molar-refractivity contribution in [2.75, 3.05) is 6.54 Å². The van der Waals surface area contributed by atoms with Crippen molar-refractivity contribution in [1.82, 2.24) is 5.32 Å². The number of nitrogens with one attached hydrogen (secondary N) is 1. The van der Waals surface area contributed by atoms with Crippen molar-refractivity contribution in [2.24, 2.45) is 5.73 Å². The Morgan fingerprint density at radius 3 is 2.82 bits per heavy atom. The van der Waals surface area contributed by atoms with E-state index >= 15 is 0 Å². The number of amides is 1. The Balaban J connectivity index is 2.55. The standard InChI is InChI=1S/C11H12ClFN2OS/c12-7-3-1-4-8(13)10(7)11(16)15-6-2-5-9(14)17/h1,3-4H,2,5-6H2,(H2,14,17)(H,15,16). The normalized spacial score (nSPS) is 10.0. The Hall–Kier alpha value is -1.20. The molecule has 0 aliphatic rings. The first-order valence-corrected chi connectivity index (χ1v) is 5.81. The van der Waals surface area contributed by atoms with Gasteiger partial charge in [-0.2, -0.15) is 0 Å². The third-order valence-electron chi connectivity index (χ3n) is 2.08. The molecule has 0 saturated heterocycles. The molecule has 1 rings (SSSR count). The highest BCUT2D eigenvalue weighted by Crippen LogP contribution is 2.18. The summed E-state index contributed by atoms with van der Waals surface area (Å²) < 4.78 is 13.4. The van der Waals surface area contributed by atoms with Crippen LogP contribution in [0.5, 0.6) is 0 Å². The van der Waals surface area contributed by atoms with E-state index in [4.69, 9.17) is 29.6 Å². The first-order valence-electron chi connectivity index (χ1n) is 5.03. The predicted molar refractivity (Wildman–Crippen MR) is 69.8 cm³/mol. The maximum Gasteiger partial charge on any atom is 0.255 e. The van der Waals surface area contributed by atoms with E-state index in [1.807, 2.05) is 0 Å². The van der Waals surface area contributed by atoms with Crippen LogP contribution >= 0.6 is 23.8 Å². The summed E-state index contributed by atoms with van der Waals surface area (Å²) in [6, 6.07) is 4.10. The van der Waals surface area contributed by atoms with E-state index < -0.39 is 11.7 Å². The molecular weight excluding hydrogens is 263 g/mol. The van der Waals surface area contributed by atoms with Crippen LogP contribution in [-0.2, 0) is 0 Å². The number of benzene rings is 1. The van der Waals surface area contributed by atoms with Crippen LogP contribution in [0.3, 0.4) is 0 Å². The fourth-order valence-electron chi connectivity index (χ4n) is 1.27. The minimum Gasteiger partial charge on any atom is -0.393 e. The lowest BCUT2D eigenvalue weighted by molar-refractivity contribution is 0.0949. The van der Waals surface area contributed by atoms with Crippen LogP contribution in [0.15, 0.2) is 18.2 Å². The molecule has 0 atom stereocenters. The topological polar surface area (TPSA) is 55.1 Å². The zero-order valence-corrected chi connectivity index (χ0v) is 10.6. The lowest BCUT2D eigenvalue weighted by atomic mass is 10.2. The van der Waals surface area contributed by atoms with Crippen LogP contribution in [0.2, 0.25) is 5.02 Å². The Labute approximate surface area is 109 Å². The lowest BCUT2D eigenvalue weighted by Gasteiger charge is -2.07. The largest absolute Gasteiger partial charge is 0.393 e. The number of halogens is 2. The third kappa shape index (κ3) is 4.28. The van der Waals surface area contributed by atoms with Gasteiger partial charge in [-0.05, 0) is 25.0 Å². The summed E-state index contributed by atoms with van der Waals surface area (Å²) in [5.74, 6) is -1.17. The van der Waals surface area contributed by atoms with Crippen molar-refractivity contribution in [3.05, 3.63) is 34.6 Å². The fourth-order valence-corrected chi connectivity index (χ4v) is 1.66. The van der Waals surface area contributed by atoms with Crippen molar-refractivity contribution in [3.63, 3.8) is 0 Å². The summed E-state index contributed by atoms with van der Waals surface area (Å²) in [6.07, 6.45) is 1.16. The highest BCUT2D eigenvalue weighted by molar-refractivity contribution is 7.80. The summed E-state index contributed by atoms with van der Waals surface area (Å²) in [5.41, 5.74) is 5.17. The molecule has 92 valence electrons. The molecule has 0 radical (unpaired) electrons. The van der Waals surface area contributed by atoms with Gasteiger partial charge in [0.05, 0.1) is 15.6 Å². The van der Waals surface area contributed by atoms with Crippen molar-refractivity contribution in [3.8, 4) is 0 Å². The van der Waals surface area contributed by atoms with E-state index in [0.29, 0.717) is 24.4 Å². The summed E-state index contributed by atoms with van der Waals surface area (Å²) in [7, 11) is 0. The average Bonchev–Trinajstić information content (AvgIpc) is 2.24. The Morgan fingerprint density at radius 1 is 1.53 bits per heavy atom. The van der Waals surface area contributed by atoms with Gasteiger partial charge in [0.2, 0.25) is 0 Å². The monoisotopic (exact) mass is 274 g/mol. The summed E-state index contributed by atoms with van der Waals surface area (Å²) >= 11 is 10.4. The molecule has 0 aliphatic carbocycles. The number of hydrogen-bond acceptors (Lipinski definition) is 2. The molecule has 0 unspecified atom stereocenters. The smallest absolute Gasteiger partial charge is 0.255 e. The molecule has 0 aliphatic heterocycles. The Kier molecular flexibility index (Phi) is 5.31. The van der Waals surface area contributed by atoms with Gasteiger partial charge in [-0.25, -0.2) is 4.39 Å². The second-order valence-corrected chi connectivity index (χ2v) is 4.35. The Morgan fingerprint density at radius 2 is 2.24 bits per heavy atom. The zero-order valence-electron chi connectivity index (χ0n) is 9.00. The van der Waals surface area contributed by atoms with Gasteiger partial charge in [0.1, 0.15) is 5.82 Å². The van der Waals surface area contributed by atoms with E-state index in [9.17, 15) is 9.18 Å². The number of nitrogens with two attached hydrogens (primary N) is 1. The third-order valence-corrected chi connectivity index (χ3v) is 2.59. The molecule has 0 bridgehead atoms. The van der Waals surface area contributed by atoms with Gasteiger partial charge in [-0.1, -0.05) is 29.9 Å². The molecule has 1 amide bonds. The highest BCUT2D eigenvalue weighted by Gasteiger charge is 2.14. The molecule has 1 aromatic rings. The van der Waals surface area contributed by atoms with Gasteiger partial charge in [0.15, 0.2) is 0 Å². The summed E-state index contributed by atoms with van der Waals surface area (Å²) in [6.45, 7) is 0.376. The molecule has 6 heteroatoms. The van der Waals surface area contributed by atoms with Crippen LogP contribution < -0.4 is 11.1 Å². The summed E-state index contributed by atoms with van der Waals surface area (Å²) in [5, 5.41) is 2.65. The zero-order chi connectivity index (χ0) is 12.8. The van der Waals surface area contributed by atoms with Crippen LogP contribution in [0.4, 0.5) is 4.39 Å². The minimum absolute atomic E-state index is 0.0943. The molecule has 0 saturated carbocycles. The second-order valence-electron chi connectivity index (χ2n) is 3.42. The van der Waals surface area contributed by atoms with Crippen molar-refractivity contribution >= 4 is 34.7 Å².